The number of nitrogens with zero attached hydrogens (tertiary/aromatic N) is 3. The summed E-state index contributed by atoms with van der Waals surface area (Å²) in [5, 5.41) is 22.8. The Morgan fingerprint density at radius 2 is 1.89 bits per heavy atom. The van der Waals surface area contributed by atoms with Crippen molar-refractivity contribution in [3.05, 3.63) is 24.3 Å². The second-order valence-corrected chi connectivity index (χ2v) is 7.67. The van der Waals surface area contributed by atoms with Gasteiger partial charge in [0.05, 0.1) is 5.69 Å². The lowest BCUT2D eigenvalue weighted by Crippen LogP contribution is -2.52. The summed E-state index contributed by atoms with van der Waals surface area (Å²) < 4.78 is 0. The number of aliphatic hydroxyl groups is 1. The molecule has 1 aliphatic rings. The van der Waals surface area contributed by atoms with Crippen LogP contribution in [0.4, 0.5) is 5.69 Å². The second-order valence-electron chi connectivity index (χ2n) is 7.67. The van der Waals surface area contributed by atoms with Gasteiger partial charge in [0.25, 0.3) is 0 Å². The van der Waals surface area contributed by atoms with Crippen LogP contribution in [0.5, 0.6) is 5.75 Å². The number of rotatable bonds is 8. The Labute approximate surface area is 163 Å². The van der Waals surface area contributed by atoms with Gasteiger partial charge in [0.15, 0.2) is 5.96 Å². The molecule has 0 amide bonds. The molecule has 0 radical (unpaired) electrons. The van der Waals surface area contributed by atoms with Crippen LogP contribution in [-0.2, 0) is 0 Å². The van der Waals surface area contributed by atoms with Crippen molar-refractivity contribution in [3.63, 3.8) is 0 Å². The molecule has 0 spiro atoms. The summed E-state index contributed by atoms with van der Waals surface area (Å²) in [5.74, 6) is 2.33. The first-order valence-corrected chi connectivity index (χ1v) is 10.2. The number of aliphatic imine (C=N–C) groups is 1. The van der Waals surface area contributed by atoms with Gasteiger partial charge in [0.1, 0.15) is 5.75 Å². The number of nitrogens with one attached hydrogen (secondary N) is 1. The highest BCUT2D eigenvalue weighted by Crippen LogP contribution is 2.27. The molecule has 2 rings (SSSR count). The molecule has 3 N–H and O–H groups in total. The van der Waals surface area contributed by atoms with Crippen molar-refractivity contribution in [2.45, 2.75) is 33.6 Å². The number of benzene rings is 1. The van der Waals surface area contributed by atoms with E-state index in [0.29, 0.717) is 17.6 Å². The molecule has 152 valence electrons. The maximum absolute atomic E-state index is 10.1. The highest BCUT2D eigenvalue weighted by atomic mass is 16.3. The summed E-state index contributed by atoms with van der Waals surface area (Å²) >= 11 is 0. The lowest BCUT2D eigenvalue weighted by atomic mass is 9.94. The fourth-order valence-corrected chi connectivity index (χ4v) is 3.67. The molecule has 27 heavy (non-hydrogen) atoms. The van der Waals surface area contributed by atoms with Crippen molar-refractivity contribution in [2.75, 3.05) is 50.8 Å². The summed E-state index contributed by atoms with van der Waals surface area (Å²) in [6, 6.07) is 7.52. The number of aromatic hydroxyl groups is 1. The number of phenols is 1. The van der Waals surface area contributed by atoms with E-state index >= 15 is 0 Å². The molecule has 1 unspecified atom stereocenters. The molecule has 0 saturated carbocycles. The first-order chi connectivity index (χ1) is 13.0. The van der Waals surface area contributed by atoms with E-state index in [9.17, 15) is 10.2 Å². The molecular weight excluding hydrogens is 340 g/mol. The monoisotopic (exact) mass is 376 g/mol. The molecule has 0 bridgehead atoms. The maximum Gasteiger partial charge on any atom is 0.194 e. The average Bonchev–Trinajstić information content (AvgIpc) is 2.65. The summed E-state index contributed by atoms with van der Waals surface area (Å²) in [6.07, 6.45) is 1.90. The van der Waals surface area contributed by atoms with E-state index in [1.165, 1.54) is 0 Å². The van der Waals surface area contributed by atoms with Gasteiger partial charge in [0.2, 0.25) is 0 Å². The van der Waals surface area contributed by atoms with Crippen LogP contribution in [0, 0.1) is 11.8 Å². The number of hydrogen-bond acceptors (Lipinski definition) is 4. The van der Waals surface area contributed by atoms with Crippen LogP contribution in [-0.4, -0.2) is 66.9 Å². The molecule has 1 fully saturated rings. The predicted octanol–water partition coefficient (Wildman–Crippen LogP) is 2.52. The molecule has 1 heterocycles. The Morgan fingerprint density at radius 1 is 1.19 bits per heavy atom. The topological polar surface area (TPSA) is 71.3 Å². The molecule has 1 aromatic carbocycles. The van der Waals surface area contributed by atoms with Gasteiger partial charge in [-0.25, -0.2) is 0 Å². The minimum atomic E-state index is 0.225. The van der Waals surface area contributed by atoms with Crippen LogP contribution in [0.1, 0.15) is 33.6 Å². The van der Waals surface area contributed by atoms with Gasteiger partial charge in [-0.3, -0.25) is 4.99 Å². The zero-order chi connectivity index (χ0) is 19.6. The average molecular weight is 377 g/mol. The molecule has 0 aromatic heterocycles. The highest BCUT2D eigenvalue weighted by molar-refractivity contribution is 5.80. The zero-order valence-electron chi connectivity index (χ0n) is 17.1. The van der Waals surface area contributed by atoms with E-state index in [1.54, 1.807) is 6.07 Å². The number of guanidine groups is 1. The second kappa shape index (κ2) is 11.0. The molecule has 1 saturated heterocycles. The van der Waals surface area contributed by atoms with Gasteiger partial charge < -0.3 is 25.3 Å². The molecule has 6 nitrogen and oxygen atoms in total. The van der Waals surface area contributed by atoms with Crippen LogP contribution in [0.15, 0.2) is 29.3 Å². The van der Waals surface area contributed by atoms with E-state index in [2.05, 4.69) is 35.9 Å². The van der Waals surface area contributed by atoms with Crippen LogP contribution in [0.3, 0.4) is 0 Å². The Bertz CT molecular complexity index is 583. The van der Waals surface area contributed by atoms with Gasteiger partial charge >= 0.3 is 0 Å². The number of aliphatic hydroxyl groups excluding tert-OH is 1. The summed E-state index contributed by atoms with van der Waals surface area (Å²) in [5.41, 5.74) is 0.902. The predicted molar refractivity (Wildman–Crippen MR) is 113 cm³/mol. The van der Waals surface area contributed by atoms with Crippen LogP contribution >= 0.6 is 0 Å². The molecule has 0 aliphatic carbocycles. The normalized spacial score (nSPS) is 16.7. The lowest BCUT2D eigenvalue weighted by molar-refractivity contribution is 0.245. The largest absolute Gasteiger partial charge is 0.506 e. The molecule has 1 aliphatic heterocycles. The van der Waals surface area contributed by atoms with E-state index in [0.717, 1.165) is 63.8 Å². The van der Waals surface area contributed by atoms with Gasteiger partial charge in [-0.05, 0) is 43.7 Å². The van der Waals surface area contributed by atoms with Crippen molar-refractivity contribution in [1.82, 2.24) is 10.2 Å². The molecule has 1 aromatic rings. The fourth-order valence-electron chi connectivity index (χ4n) is 3.67. The minimum absolute atomic E-state index is 0.225. The first kappa shape index (κ1) is 21.4. The van der Waals surface area contributed by atoms with Crippen LogP contribution in [0.25, 0.3) is 0 Å². The summed E-state index contributed by atoms with van der Waals surface area (Å²) in [7, 11) is 0. The number of hydrogen-bond donors (Lipinski definition) is 3. The zero-order valence-corrected chi connectivity index (χ0v) is 17.1. The smallest absolute Gasteiger partial charge is 0.194 e. The SMILES string of the molecule is CCNC(=NCC(CCO)CC(C)C)N1CCN(c2ccccc2O)CC1. The van der Waals surface area contributed by atoms with E-state index in [1.807, 2.05) is 18.2 Å². The van der Waals surface area contributed by atoms with Gasteiger partial charge in [-0.1, -0.05) is 26.0 Å². The highest BCUT2D eigenvalue weighted by Gasteiger charge is 2.21. The van der Waals surface area contributed by atoms with Crippen LogP contribution < -0.4 is 10.2 Å². The first-order valence-electron chi connectivity index (χ1n) is 10.2. The van der Waals surface area contributed by atoms with Crippen molar-refractivity contribution < 1.29 is 10.2 Å². The number of anilines is 1. The lowest BCUT2D eigenvalue weighted by Gasteiger charge is -2.38. The number of phenolic OH excluding ortho intramolecular Hbond substituents is 1. The summed E-state index contributed by atoms with van der Waals surface area (Å²) in [6.45, 7) is 11.8. The van der Waals surface area contributed by atoms with E-state index in [-0.39, 0.29) is 6.61 Å². The van der Waals surface area contributed by atoms with E-state index in [4.69, 9.17) is 4.99 Å². The summed E-state index contributed by atoms with van der Waals surface area (Å²) in [4.78, 5) is 9.40. The van der Waals surface area contributed by atoms with Crippen molar-refractivity contribution >= 4 is 11.6 Å². The Morgan fingerprint density at radius 3 is 2.48 bits per heavy atom. The maximum atomic E-state index is 10.1. The van der Waals surface area contributed by atoms with Crippen molar-refractivity contribution in [3.8, 4) is 5.75 Å². The van der Waals surface area contributed by atoms with E-state index < -0.39 is 0 Å². The minimum Gasteiger partial charge on any atom is -0.506 e. The number of para-hydroxylation sites is 2. The third-order valence-corrected chi connectivity index (χ3v) is 4.98. The molecule has 1 atom stereocenters. The van der Waals surface area contributed by atoms with Gasteiger partial charge in [0, 0.05) is 45.9 Å². The number of piperazine rings is 1. The Hall–Kier alpha value is -1.95. The Kier molecular flexibility index (Phi) is 8.72. The third-order valence-electron chi connectivity index (χ3n) is 4.98. The Balaban J connectivity index is 1.97. The van der Waals surface area contributed by atoms with Crippen LogP contribution in [0.2, 0.25) is 0 Å². The van der Waals surface area contributed by atoms with Gasteiger partial charge in [-0.2, -0.15) is 0 Å². The standard InChI is InChI=1S/C21H36N4O2/c1-4-22-21(23-16-18(9-14-26)15-17(2)3)25-12-10-24(11-13-25)19-7-5-6-8-20(19)27/h5-8,17-18,26-27H,4,9-16H2,1-3H3,(H,22,23). The molecule has 6 heteroatoms. The quantitative estimate of drug-likeness (QED) is 0.480. The van der Waals surface area contributed by atoms with Crippen molar-refractivity contribution in [2.24, 2.45) is 16.8 Å². The van der Waals surface area contributed by atoms with Crippen molar-refractivity contribution in [1.29, 1.82) is 0 Å². The third kappa shape index (κ3) is 6.61. The molecular formula is C21H36N4O2. The fraction of sp³-hybridized carbons (Fsp3) is 0.667. The van der Waals surface area contributed by atoms with Gasteiger partial charge in [-0.15, -0.1) is 0 Å².